The smallest absolute Gasteiger partial charge is 0.321 e. The molecule has 0 aliphatic heterocycles. The van der Waals surface area contributed by atoms with Gasteiger partial charge in [0.2, 0.25) is 0 Å². The molecule has 158 valence electrons. The van der Waals surface area contributed by atoms with Crippen LogP contribution in [0, 0.1) is 13.8 Å². The third-order valence-electron chi connectivity index (χ3n) is 4.62. The normalized spacial score (nSPS) is 10.9. The van der Waals surface area contributed by atoms with Gasteiger partial charge in [-0.1, -0.05) is 30.0 Å². The summed E-state index contributed by atoms with van der Waals surface area (Å²) in [6.07, 6.45) is 0. The van der Waals surface area contributed by atoms with E-state index in [0.717, 1.165) is 28.5 Å². The lowest BCUT2D eigenvalue weighted by molar-refractivity contribution is -0.131. The van der Waals surface area contributed by atoms with E-state index in [9.17, 15) is 9.59 Å². The molecule has 4 rings (SSSR count). The van der Waals surface area contributed by atoms with E-state index < -0.39 is 5.97 Å². The number of esters is 1. The molecule has 4 aromatic rings. The van der Waals surface area contributed by atoms with Gasteiger partial charge in [0.1, 0.15) is 11.5 Å². The van der Waals surface area contributed by atoms with E-state index in [0.29, 0.717) is 28.1 Å². The molecular formula is C22H20N4O4S. The van der Waals surface area contributed by atoms with Gasteiger partial charge < -0.3 is 9.47 Å². The number of aromatic amines is 1. The van der Waals surface area contributed by atoms with E-state index in [4.69, 9.17) is 9.47 Å². The Labute approximate surface area is 182 Å². The molecule has 0 spiro atoms. The van der Waals surface area contributed by atoms with Crippen molar-refractivity contribution in [1.29, 1.82) is 0 Å². The van der Waals surface area contributed by atoms with E-state index >= 15 is 0 Å². The predicted molar refractivity (Wildman–Crippen MR) is 118 cm³/mol. The standard InChI is InChI=1S/C22H20N4O4S/c1-13-5-4-6-14(2)20(13)30-19(28)12-31-22-24-21(15-7-9-16(29-3)10-8-15)23-17-11-18(27)25-26(17)22/h4-11H,12H2,1-3H3,(H,25,27). The lowest BCUT2D eigenvalue weighted by atomic mass is 10.1. The molecule has 0 fully saturated rings. The van der Waals surface area contributed by atoms with Crippen LogP contribution < -0.4 is 15.0 Å². The molecule has 0 amide bonds. The number of ether oxygens (including phenoxy) is 2. The maximum Gasteiger partial charge on any atom is 0.321 e. The molecule has 0 aliphatic carbocycles. The van der Waals surface area contributed by atoms with Crippen LogP contribution >= 0.6 is 11.8 Å². The van der Waals surface area contributed by atoms with Crippen LogP contribution in [0.5, 0.6) is 11.5 Å². The van der Waals surface area contributed by atoms with Gasteiger partial charge in [-0.2, -0.15) is 0 Å². The van der Waals surface area contributed by atoms with Crippen molar-refractivity contribution in [3.8, 4) is 22.9 Å². The molecule has 0 saturated heterocycles. The zero-order valence-corrected chi connectivity index (χ0v) is 18.0. The van der Waals surface area contributed by atoms with Gasteiger partial charge in [0, 0.05) is 11.6 Å². The first-order valence-electron chi connectivity index (χ1n) is 9.48. The Balaban J connectivity index is 1.60. The zero-order valence-electron chi connectivity index (χ0n) is 17.2. The van der Waals surface area contributed by atoms with Crippen LogP contribution in [-0.2, 0) is 4.79 Å². The average Bonchev–Trinajstić information content (AvgIpc) is 3.15. The monoisotopic (exact) mass is 436 g/mol. The van der Waals surface area contributed by atoms with Crippen molar-refractivity contribution in [1.82, 2.24) is 19.6 Å². The molecule has 8 nitrogen and oxygen atoms in total. The van der Waals surface area contributed by atoms with Gasteiger partial charge in [0.05, 0.1) is 12.9 Å². The molecule has 0 radical (unpaired) electrons. The molecule has 2 heterocycles. The van der Waals surface area contributed by atoms with Gasteiger partial charge in [0.25, 0.3) is 5.56 Å². The van der Waals surface area contributed by atoms with Crippen LogP contribution in [0.1, 0.15) is 11.1 Å². The minimum atomic E-state index is -0.408. The number of para-hydroxylation sites is 1. The maximum absolute atomic E-state index is 12.5. The minimum absolute atomic E-state index is 0.0160. The Bertz CT molecular complexity index is 1290. The van der Waals surface area contributed by atoms with Crippen molar-refractivity contribution in [2.75, 3.05) is 12.9 Å². The minimum Gasteiger partial charge on any atom is -0.497 e. The second-order valence-corrected chi connectivity index (χ2v) is 7.80. The molecule has 0 atom stereocenters. The topological polar surface area (TPSA) is 98.6 Å². The number of H-pyrrole nitrogens is 1. The molecule has 0 bridgehead atoms. The summed E-state index contributed by atoms with van der Waals surface area (Å²) in [6.45, 7) is 3.78. The first-order valence-corrected chi connectivity index (χ1v) is 10.5. The molecule has 0 aliphatic rings. The van der Waals surface area contributed by atoms with Crippen LogP contribution in [-0.4, -0.2) is 38.4 Å². The summed E-state index contributed by atoms with van der Waals surface area (Å²) < 4.78 is 12.2. The molecule has 1 N–H and O–H groups in total. The Morgan fingerprint density at radius 2 is 1.81 bits per heavy atom. The number of hydrogen-bond donors (Lipinski definition) is 1. The van der Waals surface area contributed by atoms with Gasteiger partial charge in [-0.05, 0) is 49.2 Å². The van der Waals surface area contributed by atoms with Crippen molar-refractivity contribution >= 4 is 23.4 Å². The number of carbonyl (C=O) groups excluding carboxylic acids is 1. The fourth-order valence-corrected chi connectivity index (χ4v) is 3.80. The van der Waals surface area contributed by atoms with Crippen LogP contribution in [0.3, 0.4) is 0 Å². The van der Waals surface area contributed by atoms with Gasteiger partial charge in [-0.25, -0.2) is 14.5 Å². The number of aromatic nitrogens is 4. The van der Waals surface area contributed by atoms with Crippen molar-refractivity contribution in [2.24, 2.45) is 0 Å². The Morgan fingerprint density at radius 1 is 1.10 bits per heavy atom. The molecule has 2 aromatic heterocycles. The largest absolute Gasteiger partial charge is 0.497 e. The van der Waals surface area contributed by atoms with E-state index in [1.165, 1.54) is 10.6 Å². The highest BCUT2D eigenvalue weighted by molar-refractivity contribution is 7.99. The summed E-state index contributed by atoms with van der Waals surface area (Å²) in [7, 11) is 1.59. The molecule has 2 aromatic carbocycles. The quantitative estimate of drug-likeness (QED) is 0.281. The van der Waals surface area contributed by atoms with Crippen LogP contribution in [0.25, 0.3) is 17.0 Å². The van der Waals surface area contributed by atoms with Crippen LogP contribution in [0.15, 0.2) is 58.5 Å². The molecule has 9 heteroatoms. The predicted octanol–water partition coefficient (Wildman–Crippen LogP) is 3.41. The molecule has 31 heavy (non-hydrogen) atoms. The highest BCUT2D eigenvalue weighted by Crippen LogP contribution is 2.25. The number of aryl methyl sites for hydroxylation is 2. The lowest BCUT2D eigenvalue weighted by Crippen LogP contribution is -2.13. The van der Waals surface area contributed by atoms with Crippen molar-refractivity contribution in [3.05, 3.63) is 70.0 Å². The summed E-state index contributed by atoms with van der Waals surface area (Å²) in [5.41, 5.74) is 2.65. The Morgan fingerprint density at radius 3 is 2.48 bits per heavy atom. The fraction of sp³-hybridized carbons (Fsp3) is 0.182. The summed E-state index contributed by atoms with van der Waals surface area (Å²) in [4.78, 5) is 33.3. The highest BCUT2D eigenvalue weighted by Gasteiger charge is 2.15. The van der Waals surface area contributed by atoms with Crippen molar-refractivity contribution in [3.63, 3.8) is 0 Å². The summed E-state index contributed by atoms with van der Waals surface area (Å²) in [5, 5.41) is 3.09. The van der Waals surface area contributed by atoms with Crippen molar-refractivity contribution in [2.45, 2.75) is 19.0 Å². The average molecular weight is 436 g/mol. The third kappa shape index (κ3) is 4.46. The number of rotatable bonds is 6. The SMILES string of the molecule is COc1ccc(-c2nc(SCC(=O)Oc3c(C)cccc3C)n3[nH]c(=O)cc3n2)cc1. The molecule has 0 unspecified atom stereocenters. The van der Waals surface area contributed by atoms with Crippen LogP contribution in [0.2, 0.25) is 0 Å². The van der Waals surface area contributed by atoms with Gasteiger partial charge in [-0.3, -0.25) is 14.7 Å². The first-order chi connectivity index (χ1) is 14.9. The van der Waals surface area contributed by atoms with E-state index in [2.05, 4.69) is 15.1 Å². The fourth-order valence-electron chi connectivity index (χ4n) is 3.08. The number of nitrogens with zero attached hydrogens (tertiary/aromatic N) is 3. The van der Waals surface area contributed by atoms with E-state index in [1.54, 1.807) is 19.2 Å². The van der Waals surface area contributed by atoms with Gasteiger partial charge in [0.15, 0.2) is 16.6 Å². The van der Waals surface area contributed by atoms with E-state index in [1.807, 2.05) is 44.2 Å². The van der Waals surface area contributed by atoms with Crippen molar-refractivity contribution < 1.29 is 14.3 Å². The van der Waals surface area contributed by atoms with Crippen LogP contribution in [0.4, 0.5) is 0 Å². The zero-order chi connectivity index (χ0) is 22.0. The maximum atomic E-state index is 12.5. The van der Waals surface area contributed by atoms with Gasteiger partial charge in [-0.15, -0.1) is 0 Å². The summed E-state index contributed by atoms with van der Waals surface area (Å²) in [5.74, 6) is 1.32. The number of carbonyl (C=O) groups is 1. The first kappa shape index (κ1) is 20.7. The second-order valence-electron chi connectivity index (χ2n) is 6.86. The molecular weight excluding hydrogens is 416 g/mol. The van der Waals surface area contributed by atoms with E-state index in [-0.39, 0.29) is 11.3 Å². The Kier molecular flexibility index (Phi) is 5.77. The number of hydrogen-bond acceptors (Lipinski definition) is 7. The summed E-state index contributed by atoms with van der Waals surface area (Å²) >= 11 is 1.16. The second kappa shape index (κ2) is 8.65. The highest BCUT2D eigenvalue weighted by atomic mass is 32.2. The third-order valence-corrected chi connectivity index (χ3v) is 5.53. The number of methoxy groups -OCH3 is 1. The number of nitrogens with one attached hydrogen (secondary N) is 1. The molecule has 0 saturated carbocycles. The number of fused-ring (bicyclic) bond motifs is 1. The number of thioether (sulfide) groups is 1. The Hall–Kier alpha value is -3.59. The van der Waals surface area contributed by atoms with Gasteiger partial charge >= 0.3 is 5.97 Å². The summed E-state index contributed by atoms with van der Waals surface area (Å²) in [6, 6.07) is 14.4. The number of benzene rings is 2. The lowest BCUT2D eigenvalue weighted by Gasteiger charge is -2.11.